The van der Waals surface area contributed by atoms with Crippen molar-refractivity contribution >= 4 is 85.9 Å². The zero-order chi connectivity index (χ0) is 34.2. The quantitative estimate of drug-likeness (QED) is 0.161. The van der Waals surface area contributed by atoms with Crippen molar-refractivity contribution in [2.75, 3.05) is 0 Å². The van der Waals surface area contributed by atoms with Gasteiger partial charge in [-0.25, -0.2) is 0 Å². The Bertz CT molecular complexity index is 3050. The minimum atomic E-state index is 1.25. The van der Waals surface area contributed by atoms with Gasteiger partial charge in [-0.05, 0) is 105 Å². The maximum atomic E-state index is 2.44. The largest absolute Gasteiger partial charge is 0.152 e. The van der Waals surface area contributed by atoms with Crippen molar-refractivity contribution in [3.63, 3.8) is 0 Å². The van der Waals surface area contributed by atoms with Gasteiger partial charge in [0.1, 0.15) is 0 Å². The lowest BCUT2D eigenvalue weighted by Gasteiger charge is -2.18. The Morgan fingerprint density at radius 1 is 0.308 bits per heavy atom. The van der Waals surface area contributed by atoms with Crippen LogP contribution in [0.4, 0.5) is 0 Å². The average molecular weight is 695 g/mol. The molecule has 2 heteroatoms. The van der Waals surface area contributed by atoms with E-state index in [1.165, 1.54) is 108 Å². The summed E-state index contributed by atoms with van der Waals surface area (Å²) in [6.45, 7) is 0. The van der Waals surface area contributed by atoms with Gasteiger partial charge >= 0.3 is 0 Å². The fourth-order valence-corrected chi connectivity index (χ4v) is 10.6. The summed E-state index contributed by atoms with van der Waals surface area (Å²) in [7, 11) is 0. The summed E-state index contributed by atoms with van der Waals surface area (Å²) in [5, 5.41) is 17.4. The highest BCUT2D eigenvalue weighted by atomic mass is 32.1. The minimum absolute atomic E-state index is 1.25. The van der Waals surface area contributed by atoms with E-state index in [-0.39, 0.29) is 0 Å². The number of hydrogen-bond donors (Lipinski definition) is 0. The van der Waals surface area contributed by atoms with Gasteiger partial charge in [0.15, 0.2) is 0 Å². The van der Waals surface area contributed by atoms with Crippen LogP contribution in [0.15, 0.2) is 181 Å². The summed E-state index contributed by atoms with van der Waals surface area (Å²) in [6, 6.07) is 63.0. The number of rotatable bonds is 4. The van der Waals surface area contributed by atoms with E-state index in [1.54, 1.807) is 11.3 Å². The highest BCUT2D eigenvalue weighted by molar-refractivity contribution is 7.26. The van der Waals surface area contributed by atoms with Crippen molar-refractivity contribution in [2.45, 2.75) is 0 Å². The van der Waals surface area contributed by atoms with Crippen LogP contribution in [0.3, 0.4) is 0 Å². The third kappa shape index (κ3) is 4.38. The Morgan fingerprint density at radius 2 is 0.788 bits per heavy atom. The highest BCUT2D eigenvalue weighted by Crippen LogP contribution is 2.49. The van der Waals surface area contributed by atoms with Crippen molar-refractivity contribution < 1.29 is 0 Å². The molecular weight excluding hydrogens is 665 g/mol. The molecule has 0 saturated carbocycles. The monoisotopic (exact) mass is 694 g/mol. The molecule has 0 fully saturated rings. The second-order valence-electron chi connectivity index (χ2n) is 13.6. The zero-order valence-electron chi connectivity index (χ0n) is 28.1. The van der Waals surface area contributed by atoms with Crippen LogP contribution in [-0.4, -0.2) is 0 Å². The summed E-state index contributed by atoms with van der Waals surface area (Å²) < 4.78 is 2.64. The molecule has 0 N–H and O–H groups in total. The van der Waals surface area contributed by atoms with Crippen LogP contribution in [0.25, 0.3) is 108 Å². The van der Waals surface area contributed by atoms with E-state index in [0.717, 1.165) is 0 Å². The fourth-order valence-electron chi connectivity index (χ4n) is 8.64. The van der Waals surface area contributed by atoms with Gasteiger partial charge < -0.3 is 0 Å². The predicted molar refractivity (Wildman–Crippen MR) is 229 cm³/mol. The molecular formula is C50H30S2. The standard InChI is InChI=1S/C50H30S2/c1-2-13-31(14-3-1)46-39-19-8-10-21-41(39)49(42-22-11-9-20-40(42)46)44-24-12-23-43-34-26-25-32(29-45(34)52-50(43)44)47-35-15-4-6-17-37(35)48(33-27-28-51-30-33)38-18-7-5-16-36(38)47/h1-30H. The van der Waals surface area contributed by atoms with Crippen molar-refractivity contribution in [1.82, 2.24) is 0 Å². The van der Waals surface area contributed by atoms with E-state index in [9.17, 15) is 0 Å². The van der Waals surface area contributed by atoms with Crippen molar-refractivity contribution in [2.24, 2.45) is 0 Å². The lowest BCUT2D eigenvalue weighted by Crippen LogP contribution is -1.90. The summed E-state index contributed by atoms with van der Waals surface area (Å²) in [4.78, 5) is 0. The molecule has 11 aromatic rings. The minimum Gasteiger partial charge on any atom is -0.152 e. The molecule has 52 heavy (non-hydrogen) atoms. The molecule has 11 rings (SSSR count). The van der Waals surface area contributed by atoms with Gasteiger partial charge in [0.25, 0.3) is 0 Å². The summed E-state index contributed by atoms with van der Waals surface area (Å²) in [5.41, 5.74) is 10.3. The third-order valence-corrected chi connectivity index (χ3v) is 12.7. The number of benzene rings is 9. The zero-order valence-corrected chi connectivity index (χ0v) is 29.8. The van der Waals surface area contributed by atoms with Gasteiger partial charge in [0.2, 0.25) is 0 Å². The second kappa shape index (κ2) is 11.7. The molecule has 0 aliphatic heterocycles. The van der Waals surface area contributed by atoms with Gasteiger partial charge in [0.05, 0.1) is 0 Å². The predicted octanol–water partition coefficient (Wildman–Crippen LogP) is 15.4. The normalized spacial score (nSPS) is 11.8. The molecule has 0 saturated heterocycles. The van der Waals surface area contributed by atoms with Crippen molar-refractivity contribution in [3.05, 3.63) is 181 Å². The Kier molecular flexibility index (Phi) is 6.70. The lowest BCUT2D eigenvalue weighted by atomic mass is 9.85. The first-order valence-electron chi connectivity index (χ1n) is 17.7. The van der Waals surface area contributed by atoms with Crippen LogP contribution in [0.5, 0.6) is 0 Å². The molecule has 0 aliphatic rings. The second-order valence-corrected chi connectivity index (χ2v) is 15.4. The molecule has 0 spiro atoms. The van der Waals surface area contributed by atoms with E-state index in [0.29, 0.717) is 0 Å². The van der Waals surface area contributed by atoms with Crippen LogP contribution < -0.4 is 0 Å². The third-order valence-electron chi connectivity index (χ3n) is 10.8. The van der Waals surface area contributed by atoms with E-state index in [4.69, 9.17) is 0 Å². The topological polar surface area (TPSA) is 0 Å². The van der Waals surface area contributed by atoms with Crippen LogP contribution in [0.1, 0.15) is 0 Å². The Labute approximate surface area is 309 Å². The SMILES string of the molecule is c1ccc(-c2c3ccccc3c(-c3cccc4c3sc3cc(-c5c6ccccc6c(-c6ccsc6)c6ccccc56)ccc34)c3ccccc23)cc1. The van der Waals surface area contributed by atoms with Crippen molar-refractivity contribution in [3.8, 4) is 44.5 Å². The van der Waals surface area contributed by atoms with E-state index < -0.39 is 0 Å². The van der Waals surface area contributed by atoms with E-state index >= 15 is 0 Å². The van der Waals surface area contributed by atoms with Crippen LogP contribution in [0.2, 0.25) is 0 Å². The number of hydrogen-bond acceptors (Lipinski definition) is 2. The molecule has 0 unspecified atom stereocenters. The molecule has 0 nitrogen and oxygen atoms in total. The first-order chi connectivity index (χ1) is 25.8. The Morgan fingerprint density at radius 3 is 1.33 bits per heavy atom. The molecule has 2 heterocycles. The molecule has 0 aliphatic carbocycles. The maximum absolute atomic E-state index is 2.44. The fraction of sp³-hybridized carbons (Fsp3) is 0. The average Bonchev–Trinajstić information content (AvgIpc) is 3.88. The van der Waals surface area contributed by atoms with E-state index in [2.05, 4.69) is 181 Å². The van der Waals surface area contributed by atoms with E-state index in [1.807, 2.05) is 11.3 Å². The smallest absolute Gasteiger partial charge is 0.0434 e. The Hall–Kier alpha value is -6.06. The molecule has 242 valence electrons. The van der Waals surface area contributed by atoms with Crippen LogP contribution in [-0.2, 0) is 0 Å². The van der Waals surface area contributed by atoms with Gasteiger partial charge in [0, 0.05) is 25.7 Å². The molecule has 0 atom stereocenters. The van der Waals surface area contributed by atoms with Gasteiger partial charge in [-0.1, -0.05) is 158 Å². The maximum Gasteiger partial charge on any atom is 0.0434 e. The Balaban J connectivity index is 1.18. The van der Waals surface area contributed by atoms with Crippen molar-refractivity contribution in [1.29, 1.82) is 0 Å². The molecule has 0 amide bonds. The summed E-state index contributed by atoms with van der Waals surface area (Å²) in [5.74, 6) is 0. The molecule has 9 aromatic carbocycles. The first kappa shape index (κ1) is 29.6. The van der Waals surface area contributed by atoms with Crippen LogP contribution >= 0.6 is 22.7 Å². The molecule has 0 bridgehead atoms. The summed E-state index contributed by atoms with van der Waals surface area (Å²) >= 11 is 3.68. The highest BCUT2D eigenvalue weighted by Gasteiger charge is 2.21. The molecule has 0 radical (unpaired) electrons. The molecule has 2 aromatic heterocycles. The first-order valence-corrected chi connectivity index (χ1v) is 19.5. The van der Waals surface area contributed by atoms with Gasteiger partial charge in [-0.3, -0.25) is 0 Å². The number of fused-ring (bicyclic) bond motifs is 7. The van der Waals surface area contributed by atoms with Gasteiger partial charge in [-0.2, -0.15) is 11.3 Å². The van der Waals surface area contributed by atoms with Gasteiger partial charge in [-0.15, -0.1) is 11.3 Å². The number of thiophene rings is 2. The van der Waals surface area contributed by atoms with Crippen LogP contribution in [0, 0.1) is 0 Å². The summed E-state index contributed by atoms with van der Waals surface area (Å²) in [6.07, 6.45) is 0. The lowest BCUT2D eigenvalue weighted by molar-refractivity contribution is 1.67.